The maximum atomic E-state index is 7.14. The van der Waals surface area contributed by atoms with E-state index in [2.05, 4.69) is 13.8 Å². The summed E-state index contributed by atoms with van der Waals surface area (Å²) in [5.74, 6) is 0. The maximum Gasteiger partial charge on any atom is 0.141 e. The summed E-state index contributed by atoms with van der Waals surface area (Å²) in [5, 5.41) is 0. The van der Waals surface area contributed by atoms with Gasteiger partial charge in [-0.05, 0) is 0 Å². The first-order valence-electron chi connectivity index (χ1n) is 4.86. The third-order valence-corrected chi connectivity index (χ3v) is 1.71. The van der Waals surface area contributed by atoms with Gasteiger partial charge in [0.2, 0.25) is 0 Å². The van der Waals surface area contributed by atoms with Crippen LogP contribution in [0.3, 0.4) is 0 Å². The highest BCUT2D eigenvalue weighted by atomic mass is 28.2. The normalized spacial score (nSPS) is 9.00. The molecule has 0 atom stereocenters. The second-order valence-corrected chi connectivity index (χ2v) is 2.77. The van der Waals surface area contributed by atoms with Gasteiger partial charge in [-0.1, -0.05) is 58.8 Å². The molecule has 0 saturated carbocycles. The third kappa shape index (κ3) is 17.8. The maximum absolute atomic E-state index is 7.14. The summed E-state index contributed by atoms with van der Waals surface area (Å²) in [7, 11) is 0.306. The van der Waals surface area contributed by atoms with Crippen molar-refractivity contribution in [2.75, 3.05) is 0 Å². The first kappa shape index (κ1) is 13.7. The molecule has 0 radical (unpaired) electrons. The lowest BCUT2D eigenvalue weighted by molar-refractivity contribution is 0.602. The summed E-state index contributed by atoms with van der Waals surface area (Å²) in [6, 6.07) is 0. The van der Waals surface area contributed by atoms with Gasteiger partial charge in [0.15, 0.2) is 0 Å². The fraction of sp³-hybridized carbons (Fsp3) is 1.00. The quantitative estimate of drug-likeness (QED) is 0.485. The predicted molar refractivity (Wildman–Crippen MR) is 55.8 cm³/mol. The van der Waals surface area contributed by atoms with E-state index < -0.39 is 0 Å². The molecular formula is C9H24OSi. The Morgan fingerprint density at radius 1 is 0.727 bits per heavy atom. The average molecular weight is 176 g/mol. The molecule has 0 rings (SSSR count). The number of hydrogen-bond donors (Lipinski definition) is 1. The van der Waals surface area contributed by atoms with Crippen LogP contribution in [0.15, 0.2) is 0 Å². The first-order chi connectivity index (χ1) is 5.41. The van der Waals surface area contributed by atoms with Crippen molar-refractivity contribution in [2.24, 2.45) is 0 Å². The molecule has 0 aliphatic rings. The zero-order valence-electron chi connectivity index (χ0n) is 8.40. The Morgan fingerprint density at radius 3 is 1.27 bits per heavy atom. The Morgan fingerprint density at radius 2 is 1.00 bits per heavy atom. The molecular weight excluding hydrogens is 152 g/mol. The summed E-state index contributed by atoms with van der Waals surface area (Å²) in [4.78, 5) is 7.14. The lowest BCUT2D eigenvalue weighted by Gasteiger charge is -1.96. The second kappa shape index (κ2) is 16.6. The molecule has 0 unspecified atom stereocenters. The van der Waals surface area contributed by atoms with Crippen molar-refractivity contribution in [3.8, 4) is 0 Å². The van der Waals surface area contributed by atoms with E-state index in [1.54, 1.807) is 0 Å². The van der Waals surface area contributed by atoms with Crippen LogP contribution in [0.25, 0.3) is 0 Å². The van der Waals surface area contributed by atoms with E-state index in [9.17, 15) is 0 Å². The van der Waals surface area contributed by atoms with Crippen molar-refractivity contribution in [1.82, 2.24) is 0 Å². The largest absolute Gasteiger partial charge is 0.442 e. The van der Waals surface area contributed by atoms with Gasteiger partial charge in [0, 0.05) is 0 Å². The Labute approximate surface area is 74.8 Å². The molecule has 0 spiro atoms. The van der Waals surface area contributed by atoms with Crippen LogP contribution >= 0.6 is 0 Å². The fourth-order valence-electron chi connectivity index (χ4n) is 1.03. The van der Waals surface area contributed by atoms with Gasteiger partial charge >= 0.3 is 0 Å². The summed E-state index contributed by atoms with van der Waals surface area (Å²) in [6.07, 6.45) is 9.97. The molecule has 0 aliphatic carbocycles. The van der Waals surface area contributed by atoms with Crippen LogP contribution in [0.1, 0.15) is 58.8 Å². The molecule has 2 heteroatoms. The van der Waals surface area contributed by atoms with Crippen LogP contribution in [0.2, 0.25) is 0 Å². The van der Waals surface area contributed by atoms with Crippen molar-refractivity contribution in [3.63, 3.8) is 0 Å². The van der Waals surface area contributed by atoms with Crippen molar-refractivity contribution < 1.29 is 4.80 Å². The van der Waals surface area contributed by atoms with Gasteiger partial charge < -0.3 is 4.80 Å². The van der Waals surface area contributed by atoms with E-state index in [4.69, 9.17) is 4.80 Å². The highest BCUT2D eigenvalue weighted by Crippen LogP contribution is 2.05. The Balaban J connectivity index is 0. The average Bonchev–Trinajstić information content (AvgIpc) is 2.08. The molecule has 1 N–H and O–H groups in total. The molecule has 0 heterocycles. The van der Waals surface area contributed by atoms with E-state index in [-0.39, 0.29) is 0 Å². The summed E-state index contributed by atoms with van der Waals surface area (Å²) in [6.45, 7) is 4.53. The highest BCUT2D eigenvalue weighted by molar-refractivity contribution is 5.95. The van der Waals surface area contributed by atoms with Crippen molar-refractivity contribution >= 4 is 10.5 Å². The molecule has 0 bridgehead atoms. The van der Waals surface area contributed by atoms with Gasteiger partial charge in [-0.15, -0.1) is 0 Å². The standard InChI is InChI=1S/C9H20.H4OSi/c1-3-5-7-9-8-6-4-2;1-2/h3-9H2,1-2H3;1H,2H3. The molecule has 1 nitrogen and oxygen atoms in total. The van der Waals surface area contributed by atoms with Crippen molar-refractivity contribution in [3.05, 3.63) is 0 Å². The van der Waals surface area contributed by atoms with E-state index in [1.807, 2.05) is 0 Å². The highest BCUT2D eigenvalue weighted by Gasteiger charge is 1.85. The van der Waals surface area contributed by atoms with Crippen LogP contribution in [-0.2, 0) is 0 Å². The van der Waals surface area contributed by atoms with Crippen LogP contribution in [0, 0.1) is 0 Å². The molecule has 0 amide bonds. The Hall–Kier alpha value is 0.177. The molecule has 0 saturated heterocycles. The SMILES string of the molecule is CCCCCCCCC.O[SiH3]. The monoisotopic (exact) mass is 176 g/mol. The minimum atomic E-state index is 0.306. The first-order valence-corrected chi connectivity index (χ1v) is 5.76. The van der Waals surface area contributed by atoms with Crippen LogP contribution in [0.5, 0.6) is 0 Å². The number of rotatable bonds is 6. The zero-order chi connectivity index (χ0) is 8.95. The second-order valence-electron chi connectivity index (χ2n) is 2.77. The lowest BCUT2D eigenvalue weighted by atomic mass is 10.1. The van der Waals surface area contributed by atoms with Crippen LogP contribution in [-0.4, -0.2) is 15.3 Å². The predicted octanol–water partition coefficient (Wildman–Crippen LogP) is 2.02. The van der Waals surface area contributed by atoms with Gasteiger partial charge in [-0.2, -0.15) is 0 Å². The third-order valence-electron chi connectivity index (χ3n) is 1.71. The molecule has 0 aromatic heterocycles. The number of unbranched alkanes of at least 4 members (excludes halogenated alkanes) is 6. The molecule has 0 aromatic rings. The summed E-state index contributed by atoms with van der Waals surface area (Å²) >= 11 is 0. The van der Waals surface area contributed by atoms with Crippen molar-refractivity contribution in [1.29, 1.82) is 0 Å². The molecule has 0 aromatic carbocycles. The van der Waals surface area contributed by atoms with Crippen molar-refractivity contribution in [2.45, 2.75) is 58.8 Å². The van der Waals surface area contributed by atoms with Gasteiger partial charge in [-0.3, -0.25) is 0 Å². The van der Waals surface area contributed by atoms with Gasteiger partial charge in [0.25, 0.3) is 0 Å². The van der Waals surface area contributed by atoms with Gasteiger partial charge in [0.05, 0.1) is 0 Å². The minimum absolute atomic E-state index is 0.306. The summed E-state index contributed by atoms with van der Waals surface area (Å²) < 4.78 is 0. The van der Waals surface area contributed by atoms with Gasteiger partial charge in [-0.25, -0.2) is 0 Å². The Kier molecular flexibility index (Phi) is 20.8. The summed E-state index contributed by atoms with van der Waals surface area (Å²) in [5.41, 5.74) is 0. The van der Waals surface area contributed by atoms with Gasteiger partial charge in [0.1, 0.15) is 10.5 Å². The lowest BCUT2D eigenvalue weighted by Crippen LogP contribution is -1.76. The number of hydrogen-bond acceptors (Lipinski definition) is 1. The van der Waals surface area contributed by atoms with E-state index in [0.29, 0.717) is 10.5 Å². The topological polar surface area (TPSA) is 20.2 Å². The fourth-order valence-corrected chi connectivity index (χ4v) is 1.03. The molecule has 0 aliphatic heterocycles. The van der Waals surface area contributed by atoms with Crippen LogP contribution in [0.4, 0.5) is 0 Å². The van der Waals surface area contributed by atoms with Crippen LogP contribution < -0.4 is 0 Å². The molecule has 70 valence electrons. The minimum Gasteiger partial charge on any atom is -0.442 e. The van der Waals surface area contributed by atoms with E-state index >= 15 is 0 Å². The smallest absolute Gasteiger partial charge is 0.141 e. The zero-order valence-corrected chi connectivity index (χ0v) is 10.4. The van der Waals surface area contributed by atoms with E-state index in [1.165, 1.54) is 44.9 Å². The van der Waals surface area contributed by atoms with E-state index in [0.717, 1.165) is 0 Å². The molecule has 0 fully saturated rings. The Bertz CT molecular complexity index is 42.8. The molecule has 11 heavy (non-hydrogen) atoms.